The Balaban J connectivity index is 1.70. The van der Waals surface area contributed by atoms with Gasteiger partial charge >= 0.3 is 0 Å². The van der Waals surface area contributed by atoms with E-state index in [0.29, 0.717) is 37.7 Å². The van der Waals surface area contributed by atoms with Crippen molar-refractivity contribution in [3.05, 3.63) is 46.2 Å². The lowest BCUT2D eigenvalue weighted by atomic mass is 9.94. The molecule has 1 aromatic carbocycles. The molecule has 1 aliphatic rings. The summed E-state index contributed by atoms with van der Waals surface area (Å²) in [7, 11) is 1.62. The quantitative estimate of drug-likeness (QED) is 0.574. The molecule has 2 heterocycles. The molecule has 1 aromatic heterocycles. The van der Waals surface area contributed by atoms with Gasteiger partial charge in [0.05, 0.1) is 7.11 Å². The van der Waals surface area contributed by atoms with Crippen LogP contribution in [0.25, 0.3) is 0 Å². The first-order valence-electron chi connectivity index (χ1n) is 11.2. The number of nitrogens with zero attached hydrogens (tertiary/aromatic N) is 2. The van der Waals surface area contributed by atoms with Crippen LogP contribution in [0.15, 0.2) is 35.7 Å². The molecule has 32 heavy (non-hydrogen) atoms. The number of methoxy groups -OCH3 is 1. The van der Waals surface area contributed by atoms with E-state index in [1.807, 2.05) is 68.3 Å². The van der Waals surface area contributed by atoms with E-state index >= 15 is 0 Å². The molecule has 1 fully saturated rings. The van der Waals surface area contributed by atoms with Crippen molar-refractivity contribution < 1.29 is 19.1 Å². The largest absolute Gasteiger partial charge is 0.493 e. The number of hydrogen-bond donors (Lipinski definition) is 0. The van der Waals surface area contributed by atoms with Gasteiger partial charge in [-0.05, 0) is 48.9 Å². The molecule has 0 spiro atoms. The second-order valence-electron chi connectivity index (χ2n) is 9.11. The van der Waals surface area contributed by atoms with Gasteiger partial charge in [-0.2, -0.15) is 0 Å². The van der Waals surface area contributed by atoms with E-state index in [-0.39, 0.29) is 17.9 Å². The first-order chi connectivity index (χ1) is 15.2. The van der Waals surface area contributed by atoms with E-state index in [1.165, 1.54) is 0 Å². The average molecular weight is 459 g/mol. The number of ether oxygens (including phenoxy) is 2. The van der Waals surface area contributed by atoms with Gasteiger partial charge in [-0.1, -0.05) is 32.9 Å². The minimum absolute atomic E-state index is 0.0135. The second-order valence-corrected chi connectivity index (χ2v) is 10.1. The van der Waals surface area contributed by atoms with Crippen LogP contribution < -0.4 is 9.47 Å². The molecule has 7 heteroatoms. The SMILES string of the molecule is CCN(Cc1ccc(OCc2cccs2)c(OC)c1)C(=O)C1CCCN1C(=O)C(C)(C)C. The third-order valence-electron chi connectivity index (χ3n) is 5.69. The van der Waals surface area contributed by atoms with Crippen molar-refractivity contribution in [2.45, 2.75) is 59.7 Å². The minimum atomic E-state index is -0.494. The van der Waals surface area contributed by atoms with Gasteiger partial charge in [0.1, 0.15) is 12.6 Å². The predicted molar refractivity (Wildman–Crippen MR) is 127 cm³/mol. The maximum Gasteiger partial charge on any atom is 0.245 e. The van der Waals surface area contributed by atoms with Crippen LogP contribution in [-0.2, 0) is 22.7 Å². The summed E-state index contributed by atoms with van der Waals surface area (Å²) in [6.45, 7) is 9.86. The van der Waals surface area contributed by atoms with Crippen LogP contribution in [0.3, 0.4) is 0 Å². The number of hydrogen-bond acceptors (Lipinski definition) is 5. The standard InChI is InChI=1S/C25H34N2O4S/c1-6-26(23(28)20-10-7-13-27(20)24(29)25(2,3)4)16-18-11-12-21(22(15-18)30-5)31-17-19-9-8-14-32-19/h8-9,11-12,14-15,20H,6-7,10,13,16-17H2,1-5H3. The fourth-order valence-corrected chi connectivity index (χ4v) is 4.56. The van der Waals surface area contributed by atoms with Gasteiger partial charge < -0.3 is 19.3 Å². The number of benzene rings is 1. The minimum Gasteiger partial charge on any atom is -0.493 e. The molecule has 1 atom stereocenters. The van der Waals surface area contributed by atoms with Gasteiger partial charge in [-0.25, -0.2) is 0 Å². The molecular formula is C25H34N2O4S. The van der Waals surface area contributed by atoms with Crippen molar-refractivity contribution in [1.29, 1.82) is 0 Å². The van der Waals surface area contributed by atoms with Gasteiger partial charge in [0.25, 0.3) is 0 Å². The monoisotopic (exact) mass is 458 g/mol. The van der Waals surface area contributed by atoms with Crippen molar-refractivity contribution >= 4 is 23.2 Å². The van der Waals surface area contributed by atoms with E-state index in [4.69, 9.17) is 9.47 Å². The molecule has 1 aliphatic heterocycles. The maximum absolute atomic E-state index is 13.4. The third-order valence-corrected chi connectivity index (χ3v) is 6.54. The molecular weight excluding hydrogens is 424 g/mol. The van der Waals surface area contributed by atoms with E-state index in [9.17, 15) is 9.59 Å². The van der Waals surface area contributed by atoms with Crippen LogP contribution in [-0.4, -0.2) is 47.9 Å². The smallest absolute Gasteiger partial charge is 0.245 e. The summed E-state index contributed by atoms with van der Waals surface area (Å²) < 4.78 is 11.5. The number of carbonyl (C=O) groups is 2. The summed E-state index contributed by atoms with van der Waals surface area (Å²) in [4.78, 5) is 30.9. The Hall–Kier alpha value is -2.54. The van der Waals surface area contributed by atoms with Crippen LogP contribution >= 0.6 is 11.3 Å². The molecule has 174 valence electrons. The molecule has 1 unspecified atom stereocenters. The Morgan fingerprint density at radius 2 is 2.00 bits per heavy atom. The molecule has 0 N–H and O–H groups in total. The summed E-state index contributed by atoms with van der Waals surface area (Å²) >= 11 is 1.65. The molecule has 2 aromatic rings. The Bertz CT molecular complexity index is 921. The number of likely N-dealkylation sites (N-methyl/N-ethyl adjacent to an activating group) is 1. The summed E-state index contributed by atoms with van der Waals surface area (Å²) in [5.74, 6) is 1.38. The Kier molecular flexibility index (Phi) is 7.82. The number of likely N-dealkylation sites (tertiary alicyclic amines) is 1. The zero-order valence-electron chi connectivity index (χ0n) is 19.7. The Labute approximate surface area is 195 Å². The lowest BCUT2D eigenvalue weighted by molar-refractivity contribution is -0.148. The first-order valence-corrected chi connectivity index (χ1v) is 12.0. The second kappa shape index (κ2) is 10.4. The molecule has 0 bridgehead atoms. The maximum atomic E-state index is 13.4. The zero-order chi connectivity index (χ0) is 23.3. The number of thiophene rings is 1. The molecule has 1 saturated heterocycles. The highest BCUT2D eigenvalue weighted by Gasteiger charge is 2.39. The highest BCUT2D eigenvalue weighted by molar-refractivity contribution is 7.09. The summed E-state index contributed by atoms with van der Waals surface area (Å²) in [5.41, 5.74) is 0.471. The van der Waals surface area contributed by atoms with Crippen LogP contribution in [0.4, 0.5) is 0 Å². The van der Waals surface area contributed by atoms with E-state index < -0.39 is 5.41 Å². The van der Waals surface area contributed by atoms with Crippen molar-refractivity contribution in [2.24, 2.45) is 5.41 Å². The van der Waals surface area contributed by atoms with Gasteiger partial charge in [-0.3, -0.25) is 9.59 Å². The first kappa shape index (κ1) is 24.1. The van der Waals surface area contributed by atoms with Crippen LogP contribution in [0.1, 0.15) is 51.0 Å². The number of amides is 2. The van der Waals surface area contributed by atoms with E-state index in [2.05, 4.69) is 0 Å². The fraction of sp³-hybridized carbons (Fsp3) is 0.520. The predicted octanol–water partition coefficient (Wildman–Crippen LogP) is 4.72. The normalized spacial score (nSPS) is 16.2. The average Bonchev–Trinajstić information content (AvgIpc) is 3.46. The fourth-order valence-electron chi connectivity index (χ4n) is 3.95. The van der Waals surface area contributed by atoms with Gasteiger partial charge in [-0.15, -0.1) is 11.3 Å². The lowest BCUT2D eigenvalue weighted by Gasteiger charge is -2.33. The molecule has 3 rings (SSSR count). The van der Waals surface area contributed by atoms with Crippen LogP contribution in [0.5, 0.6) is 11.5 Å². The Morgan fingerprint density at radius 3 is 2.62 bits per heavy atom. The molecule has 6 nitrogen and oxygen atoms in total. The highest BCUT2D eigenvalue weighted by atomic mass is 32.1. The van der Waals surface area contributed by atoms with Gasteiger partial charge in [0, 0.05) is 29.9 Å². The van der Waals surface area contributed by atoms with Gasteiger partial charge in [0.2, 0.25) is 11.8 Å². The molecule has 0 saturated carbocycles. The molecule has 2 amide bonds. The molecule has 0 radical (unpaired) electrons. The van der Waals surface area contributed by atoms with Crippen molar-refractivity contribution in [1.82, 2.24) is 9.80 Å². The van der Waals surface area contributed by atoms with Crippen molar-refractivity contribution in [3.8, 4) is 11.5 Å². The summed E-state index contributed by atoms with van der Waals surface area (Å²) in [6, 6.07) is 9.44. The lowest BCUT2D eigenvalue weighted by Crippen LogP contribution is -2.50. The third kappa shape index (κ3) is 5.63. The number of carbonyl (C=O) groups excluding carboxylic acids is 2. The summed E-state index contributed by atoms with van der Waals surface area (Å²) in [5, 5.41) is 2.02. The van der Waals surface area contributed by atoms with E-state index in [0.717, 1.165) is 23.3 Å². The van der Waals surface area contributed by atoms with Crippen molar-refractivity contribution in [3.63, 3.8) is 0 Å². The Morgan fingerprint density at radius 1 is 1.22 bits per heavy atom. The highest BCUT2D eigenvalue weighted by Crippen LogP contribution is 2.31. The van der Waals surface area contributed by atoms with E-state index in [1.54, 1.807) is 23.3 Å². The molecule has 0 aliphatic carbocycles. The van der Waals surface area contributed by atoms with Crippen molar-refractivity contribution in [2.75, 3.05) is 20.2 Å². The summed E-state index contributed by atoms with van der Waals surface area (Å²) in [6.07, 6.45) is 1.58. The zero-order valence-corrected chi connectivity index (χ0v) is 20.5. The number of rotatable bonds is 8. The van der Waals surface area contributed by atoms with Crippen LogP contribution in [0, 0.1) is 5.41 Å². The topological polar surface area (TPSA) is 59.1 Å². The van der Waals surface area contributed by atoms with Crippen LogP contribution in [0.2, 0.25) is 0 Å². The van der Waals surface area contributed by atoms with Gasteiger partial charge in [0.15, 0.2) is 11.5 Å².